The van der Waals surface area contributed by atoms with E-state index in [2.05, 4.69) is 0 Å². The predicted octanol–water partition coefficient (Wildman–Crippen LogP) is 0.829. The lowest BCUT2D eigenvalue weighted by Gasteiger charge is -2.32. The van der Waals surface area contributed by atoms with E-state index in [1.165, 1.54) is 0 Å². The van der Waals surface area contributed by atoms with Crippen molar-refractivity contribution < 1.29 is 9.59 Å². The molecule has 1 heterocycles. The van der Waals surface area contributed by atoms with Crippen LogP contribution < -0.4 is 5.73 Å². The molecule has 19 heavy (non-hydrogen) atoms. The molecule has 2 amide bonds. The second kappa shape index (κ2) is 6.89. The lowest BCUT2D eigenvalue weighted by molar-refractivity contribution is -0.137. The third-order valence-corrected chi connectivity index (χ3v) is 3.92. The molecule has 0 bridgehead atoms. The summed E-state index contributed by atoms with van der Waals surface area (Å²) in [4.78, 5) is 27.5. The monoisotopic (exact) mass is 269 g/mol. The van der Waals surface area contributed by atoms with Crippen molar-refractivity contribution in [2.75, 3.05) is 19.6 Å². The van der Waals surface area contributed by atoms with Gasteiger partial charge in [-0.1, -0.05) is 13.8 Å². The van der Waals surface area contributed by atoms with Crippen LogP contribution in [0.1, 0.15) is 40.5 Å². The summed E-state index contributed by atoms with van der Waals surface area (Å²) in [7, 11) is 0. The molecular formula is C14H27N3O2. The minimum Gasteiger partial charge on any atom is -0.341 e. The molecular weight excluding hydrogens is 242 g/mol. The minimum absolute atomic E-state index is 0.0251. The Kier molecular flexibility index (Phi) is 5.79. The van der Waals surface area contributed by atoms with Crippen molar-refractivity contribution in [3.05, 3.63) is 0 Å². The highest BCUT2D eigenvalue weighted by Gasteiger charge is 2.33. The standard InChI is InChI=1S/C14H27N3O2/c1-5-16(11(4)18)9-12-7-6-8-17(12)14(19)13(15)10(2)3/h10,12-13H,5-9,15H2,1-4H3/t12?,13-/m0/s1. The van der Waals surface area contributed by atoms with Crippen LogP contribution in [0.3, 0.4) is 0 Å². The first-order valence-electron chi connectivity index (χ1n) is 7.20. The van der Waals surface area contributed by atoms with E-state index in [1.807, 2.05) is 25.7 Å². The van der Waals surface area contributed by atoms with E-state index in [4.69, 9.17) is 5.73 Å². The molecule has 1 aliphatic rings. The normalized spacial score (nSPS) is 20.7. The zero-order chi connectivity index (χ0) is 14.6. The third-order valence-electron chi connectivity index (χ3n) is 3.92. The van der Waals surface area contributed by atoms with E-state index in [-0.39, 0.29) is 23.8 Å². The van der Waals surface area contributed by atoms with E-state index in [0.29, 0.717) is 13.1 Å². The number of likely N-dealkylation sites (N-methyl/N-ethyl adjacent to an activating group) is 1. The summed E-state index contributed by atoms with van der Waals surface area (Å²) >= 11 is 0. The quantitative estimate of drug-likeness (QED) is 0.804. The van der Waals surface area contributed by atoms with E-state index >= 15 is 0 Å². The molecule has 0 saturated carbocycles. The summed E-state index contributed by atoms with van der Waals surface area (Å²) in [6.45, 7) is 9.53. The maximum Gasteiger partial charge on any atom is 0.240 e. The topological polar surface area (TPSA) is 66.6 Å². The fraction of sp³-hybridized carbons (Fsp3) is 0.857. The van der Waals surface area contributed by atoms with Gasteiger partial charge in [0.15, 0.2) is 0 Å². The van der Waals surface area contributed by atoms with E-state index in [9.17, 15) is 9.59 Å². The fourth-order valence-corrected chi connectivity index (χ4v) is 2.53. The van der Waals surface area contributed by atoms with Crippen LogP contribution in [0.5, 0.6) is 0 Å². The molecule has 2 N–H and O–H groups in total. The first-order valence-corrected chi connectivity index (χ1v) is 7.20. The van der Waals surface area contributed by atoms with Crippen LogP contribution in [0.2, 0.25) is 0 Å². The number of carbonyl (C=O) groups excluding carboxylic acids is 2. The number of carbonyl (C=O) groups is 2. The highest BCUT2D eigenvalue weighted by Crippen LogP contribution is 2.20. The van der Waals surface area contributed by atoms with Crippen molar-refractivity contribution in [1.82, 2.24) is 9.80 Å². The van der Waals surface area contributed by atoms with Crippen LogP contribution in [-0.2, 0) is 9.59 Å². The summed E-state index contributed by atoms with van der Waals surface area (Å²) in [5, 5.41) is 0. The van der Waals surface area contributed by atoms with Crippen LogP contribution in [-0.4, -0.2) is 53.3 Å². The van der Waals surface area contributed by atoms with Gasteiger partial charge in [0, 0.05) is 32.6 Å². The Morgan fingerprint density at radius 1 is 1.42 bits per heavy atom. The first kappa shape index (κ1) is 16.0. The Balaban J connectivity index is 2.68. The lowest BCUT2D eigenvalue weighted by Crippen LogP contribution is -2.51. The zero-order valence-electron chi connectivity index (χ0n) is 12.6. The van der Waals surface area contributed by atoms with Crippen LogP contribution in [0.4, 0.5) is 0 Å². The molecule has 5 heteroatoms. The van der Waals surface area contributed by atoms with Crippen molar-refractivity contribution in [3.8, 4) is 0 Å². The Bertz CT molecular complexity index is 331. The Hall–Kier alpha value is -1.10. The number of hydrogen-bond acceptors (Lipinski definition) is 3. The smallest absolute Gasteiger partial charge is 0.240 e. The summed E-state index contributed by atoms with van der Waals surface area (Å²) in [6, 6.07) is -0.311. The van der Waals surface area contributed by atoms with Crippen molar-refractivity contribution >= 4 is 11.8 Å². The SMILES string of the molecule is CCN(CC1CCCN1C(=O)[C@@H](N)C(C)C)C(C)=O. The van der Waals surface area contributed by atoms with Gasteiger partial charge in [-0.05, 0) is 25.7 Å². The van der Waals surface area contributed by atoms with Crippen LogP contribution in [0.25, 0.3) is 0 Å². The van der Waals surface area contributed by atoms with Gasteiger partial charge in [-0.3, -0.25) is 9.59 Å². The Labute approximate surface area is 116 Å². The van der Waals surface area contributed by atoms with Crippen LogP contribution >= 0.6 is 0 Å². The van der Waals surface area contributed by atoms with Gasteiger partial charge in [0.05, 0.1) is 6.04 Å². The molecule has 1 unspecified atom stereocenters. The maximum absolute atomic E-state index is 12.3. The largest absolute Gasteiger partial charge is 0.341 e. The summed E-state index contributed by atoms with van der Waals surface area (Å²) < 4.78 is 0. The van der Waals surface area contributed by atoms with Gasteiger partial charge in [-0.25, -0.2) is 0 Å². The number of nitrogens with two attached hydrogens (primary N) is 1. The van der Waals surface area contributed by atoms with E-state index in [1.54, 1.807) is 11.8 Å². The number of nitrogens with zero attached hydrogens (tertiary/aromatic N) is 2. The molecule has 0 aromatic heterocycles. The van der Waals surface area contributed by atoms with Gasteiger partial charge >= 0.3 is 0 Å². The molecule has 1 saturated heterocycles. The van der Waals surface area contributed by atoms with Crippen molar-refractivity contribution in [2.45, 2.75) is 52.6 Å². The molecule has 1 fully saturated rings. The van der Waals surface area contributed by atoms with Crippen molar-refractivity contribution in [2.24, 2.45) is 11.7 Å². The van der Waals surface area contributed by atoms with Gasteiger partial charge in [0.1, 0.15) is 0 Å². The maximum atomic E-state index is 12.3. The highest BCUT2D eigenvalue weighted by molar-refractivity contribution is 5.82. The van der Waals surface area contributed by atoms with Gasteiger partial charge in [-0.15, -0.1) is 0 Å². The average Bonchev–Trinajstić information content (AvgIpc) is 2.81. The van der Waals surface area contributed by atoms with Gasteiger partial charge in [-0.2, -0.15) is 0 Å². The Morgan fingerprint density at radius 2 is 2.05 bits per heavy atom. The highest BCUT2D eigenvalue weighted by atomic mass is 16.2. The molecule has 5 nitrogen and oxygen atoms in total. The molecule has 0 aromatic carbocycles. The van der Waals surface area contributed by atoms with E-state index in [0.717, 1.165) is 19.4 Å². The molecule has 2 atom stereocenters. The lowest BCUT2D eigenvalue weighted by atomic mass is 10.0. The molecule has 0 aliphatic carbocycles. The number of likely N-dealkylation sites (tertiary alicyclic amines) is 1. The second-order valence-corrected chi connectivity index (χ2v) is 5.66. The first-order chi connectivity index (χ1) is 8.88. The molecule has 110 valence electrons. The summed E-state index contributed by atoms with van der Waals surface area (Å²) in [6.07, 6.45) is 1.96. The number of amides is 2. The average molecular weight is 269 g/mol. The van der Waals surface area contributed by atoms with Gasteiger partial charge in [0.2, 0.25) is 11.8 Å². The number of hydrogen-bond donors (Lipinski definition) is 1. The minimum atomic E-state index is -0.437. The summed E-state index contributed by atoms with van der Waals surface area (Å²) in [5.74, 6) is 0.232. The molecule has 0 aromatic rings. The molecule has 0 spiro atoms. The fourth-order valence-electron chi connectivity index (χ4n) is 2.53. The number of rotatable bonds is 5. The second-order valence-electron chi connectivity index (χ2n) is 5.66. The molecule has 1 rings (SSSR count). The van der Waals surface area contributed by atoms with Crippen LogP contribution in [0, 0.1) is 5.92 Å². The molecule has 1 aliphatic heterocycles. The van der Waals surface area contributed by atoms with Crippen molar-refractivity contribution in [3.63, 3.8) is 0 Å². The van der Waals surface area contributed by atoms with Gasteiger partial charge < -0.3 is 15.5 Å². The van der Waals surface area contributed by atoms with Crippen LogP contribution in [0.15, 0.2) is 0 Å². The third kappa shape index (κ3) is 3.93. The molecule has 0 radical (unpaired) electrons. The van der Waals surface area contributed by atoms with E-state index < -0.39 is 6.04 Å². The van der Waals surface area contributed by atoms with Gasteiger partial charge in [0.25, 0.3) is 0 Å². The summed E-state index contributed by atoms with van der Waals surface area (Å²) in [5.41, 5.74) is 5.95. The predicted molar refractivity (Wildman–Crippen MR) is 75.5 cm³/mol. The Morgan fingerprint density at radius 3 is 2.53 bits per heavy atom. The zero-order valence-corrected chi connectivity index (χ0v) is 12.6. The van der Waals surface area contributed by atoms with Crippen molar-refractivity contribution in [1.29, 1.82) is 0 Å².